The van der Waals surface area contributed by atoms with Crippen molar-refractivity contribution >= 4 is 11.6 Å². The summed E-state index contributed by atoms with van der Waals surface area (Å²) in [5, 5.41) is 12.1. The molecule has 2 aromatic rings. The van der Waals surface area contributed by atoms with Gasteiger partial charge in [-0.3, -0.25) is 4.90 Å². The van der Waals surface area contributed by atoms with Crippen molar-refractivity contribution in [3.8, 4) is 5.69 Å². The predicted octanol–water partition coefficient (Wildman–Crippen LogP) is 2.24. The van der Waals surface area contributed by atoms with Crippen LogP contribution in [0.15, 0.2) is 24.4 Å². The zero-order valence-corrected chi connectivity index (χ0v) is 13.4. The lowest BCUT2D eigenvalue weighted by molar-refractivity contribution is 0.147. The Bertz CT molecular complexity index is 670. The van der Waals surface area contributed by atoms with Crippen LogP contribution in [0.5, 0.6) is 0 Å². The average Bonchev–Trinajstić information content (AvgIpc) is 2.85. The Kier molecular flexibility index (Phi) is 4.16. The molecule has 118 valence electrons. The van der Waals surface area contributed by atoms with E-state index in [1.807, 2.05) is 6.20 Å². The summed E-state index contributed by atoms with van der Waals surface area (Å²) in [7, 11) is 0. The Morgan fingerprint density at radius 2 is 2.23 bits per heavy atom. The van der Waals surface area contributed by atoms with Gasteiger partial charge in [0.25, 0.3) is 0 Å². The van der Waals surface area contributed by atoms with Gasteiger partial charge >= 0.3 is 0 Å². The molecule has 1 fully saturated rings. The van der Waals surface area contributed by atoms with Crippen LogP contribution in [-0.2, 0) is 6.54 Å². The molecule has 5 nitrogen and oxygen atoms in total. The minimum absolute atomic E-state index is 0.106. The normalized spacial score (nSPS) is 18.5. The highest BCUT2D eigenvalue weighted by Crippen LogP contribution is 2.21. The molecule has 0 bridgehead atoms. The third-order valence-corrected chi connectivity index (χ3v) is 4.04. The molecule has 1 saturated heterocycles. The lowest BCUT2D eigenvalue weighted by Crippen LogP contribution is -2.56. The van der Waals surface area contributed by atoms with Crippen LogP contribution in [0, 0.1) is 5.82 Å². The number of hydrogen-bond acceptors (Lipinski definition) is 4. The molecule has 0 radical (unpaired) electrons. The second-order valence-corrected chi connectivity index (χ2v) is 6.68. The monoisotopic (exact) mass is 323 g/mol. The van der Waals surface area contributed by atoms with Crippen molar-refractivity contribution in [2.75, 3.05) is 19.6 Å². The fourth-order valence-electron chi connectivity index (χ4n) is 2.77. The van der Waals surface area contributed by atoms with Gasteiger partial charge in [0.2, 0.25) is 0 Å². The van der Waals surface area contributed by atoms with E-state index in [-0.39, 0.29) is 11.4 Å². The molecule has 0 atom stereocenters. The summed E-state index contributed by atoms with van der Waals surface area (Å²) >= 11 is 6.06. The van der Waals surface area contributed by atoms with Crippen molar-refractivity contribution < 1.29 is 4.39 Å². The molecule has 1 aliphatic heterocycles. The molecule has 0 unspecified atom stereocenters. The third kappa shape index (κ3) is 3.45. The second kappa shape index (κ2) is 5.95. The van der Waals surface area contributed by atoms with Crippen LogP contribution in [0.4, 0.5) is 4.39 Å². The first-order valence-corrected chi connectivity index (χ1v) is 7.65. The van der Waals surface area contributed by atoms with Gasteiger partial charge < -0.3 is 5.32 Å². The van der Waals surface area contributed by atoms with Crippen LogP contribution in [0.1, 0.15) is 19.5 Å². The lowest BCUT2D eigenvalue weighted by atomic mass is 10.0. The Morgan fingerprint density at radius 1 is 1.41 bits per heavy atom. The van der Waals surface area contributed by atoms with Gasteiger partial charge in [-0.25, -0.2) is 9.07 Å². The average molecular weight is 324 g/mol. The van der Waals surface area contributed by atoms with Crippen molar-refractivity contribution in [1.82, 2.24) is 25.2 Å². The van der Waals surface area contributed by atoms with E-state index in [2.05, 4.69) is 34.4 Å². The fourth-order valence-corrected chi connectivity index (χ4v) is 3.02. The molecule has 22 heavy (non-hydrogen) atoms. The van der Waals surface area contributed by atoms with Gasteiger partial charge in [-0.1, -0.05) is 16.8 Å². The highest BCUT2D eigenvalue weighted by Gasteiger charge is 2.26. The molecule has 2 heterocycles. The summed E-state index contributed by atoms with van der Waals surface area (Å²) in [6, 6.07) is 4.24. The Morgan fingerprint density at radius 3 is 2.95 bits per heavy atom. The van der Waals surface area contributed by atoms with Crippen LogP contribution < -0.4 is 5.32 Å². The highest BCUT2D eigenvalue weighted by molar-refractivity contribution is 6.32. The van der Waals surface area contributed by atoms with Crippen molar-refractivity contribution in [3.63, 3.8) is 0 Å². The summed E-state index contributed by atoms with van der Waals surface area (Å²) in [6.07, 6.45) is 1.84. The molecular formula is C15H19ClFN5. The van der Waals surface area contributed by atoms with E-state index >= 15 is 0 Å². The summed E-state index contributed by atoms with van der Waals surface area (Å²) < 4.78 is 14.7. The quantitative estimate of drug-likeness (QED) is 0.941. The largest absolute Gasteiger partial charge is 0.309 e. The molecule has 1 N–H and O–H groups in total. The number of halogens is 2. The first kappa shape index (κ1) is 15.4. The maximum absolute atomic E-state index is 13.1. The third-order valence-electron chi connectivity index (χ3n) is 3.73. The van der Waals surface area contributed by atoms with Crippen molar-refractivity contribution in [2.24, 2.45) is 0 Å². The summed E-state index contributed by atoms with van der Waals surface area (Å²) in [4.78, 5) is 2.34. The lowest BCUT2D eigenvalue weighted by Gasteiger charge is -2.38. The Labute approximate surface area is 134 Å². The number of nitrogens with one attached hydrogen (secondary N) is 1. The van der Waals surface area contributed by atoms with E-state index in [0.717, 1.165) is 31.9 Å². The maximum atomic E-state index is 13.1. The number of hydrogen-bond donors (Lipinski definition) is 1. The van der Waals surface area contributed by atoms with E-state index in [0.29, 0.717) is 10.7 Å². The Balaban J connectivity index is 1.74. The molecule has 0 saturated carbocycles. The van der Waals surface area contributed by atoms with Crippen LogP contribution in [0.2, 0.25) is 5.02 Å². The number of nitrogens with zero attached hydrogens (tertiary/aromatic N) is 4. The number of rotatable bonds is 3. The minimum atomic E-state index is -0.364. The summed E-state index contributed by atoms with van der Waals surface area (Å²) in [6.45, 7) is 8.02. The molecule has 0 aliphatic carbocycles. The van der Waals surface area contributed by atoms with Gasteiger partial charge in [0.05, 0.1) is 22.6 Å². The second-order valence-electron chi connectivity index (χ2n) is 6.27. The van der Waals surface area contributed by atoms with E-state index in [9.17, 15) is 4.39 Å². The van der Waals surface area contributed by atoms with Crippen LogP contribution in [-0.4, -0.2) is 45.1 Å². The molecule has 3 rings (SSSR count). The van der Waals surface area contributed by atoms with Gasteiger partial charge in [-0.2, -0.15) is 0 Å². The molecule has 7 heteroatoms. The first-order valence-electron chi connectivity index (χ1n) is 7.27. The van der Waals surface area contributed by atoms with E-state index in [4.69, 9.17) is 11.6 Å². The van der Waals surface area contributed by atoms with Gasteiger partial charge in [-0.15, -0.1) is 5.10 Å². The highest BCUT2D eigenvalue weighted by atomic mass is 35.5. The maximum Gasteiger partial charge on any atom is 0.124 e. The van der Waals surface area contributed by atoms with Gasteiger partial charge in [0.15, 0.2) is 0 Å². The minimum Gasteiger partial charge on any atom is -0.309 e. The van der Waals surface area contributed by atoms with Crippen molar-refractivity contribution in [2.45, 2.75) is 25.9 Å². The van der Waals surface area contributed by atoms with E-state index < -0.39 is 0 Å². The molecule has 0 spiro atoms. The SMILES string of the molecule is CC1(C)CN(Cc2cn(-c3ccc(F)cc3Cl)nn2)CCN1. The molecule has 0 amide bonds. The first-order chi connectivity index (χ1) is 10.4. The van der Waals surface area contributed by atoms with Gasteiger partial charge in [0, 0.05) is 31.7 Å². The van der Waals surface area contributed by atoms with Gasteiger partial charge in [0.1, 0.15) is 5.82 Å². The summed E-state index contributed by atoms with van der Waals surface area (Å²) in [5.74, 6) is -0.364. The molecule has 1 aromatic carbocycles. The van der Waals surface area contributed by atoms with Crippen LogP contribution in [0.3, 0.4) is 0 Å². The number of piperazine rings is 1. The fraction of sp³-hybridized carbons (Fsp3) is 0.467. The zero-order valence-electron chi connectivity index (χ0n) is 12.7. The predicted molar refractivity (Wildman–Crippen MR) is 83.7 cm³/mol. The van der Waals surface area contributed by atoms with E-state index in [1.165, 1.54) is 12.1 Å². The van der Waals surface area contributed by atoms with Crippen molar-refractivity contribution in [1.29, 1.82) is 0 Å². The van der Waals surface area contributed by atoms with Crippen LogP contribution in [0.25, 0.3) is 5.69 Å². The standard InChI is InChI=1S/C15H19ClFN5/c1-15(2)10-21(6-5-18-15)8-12-9-22(20-19-12)14-4-3-11(17)7-13(14)16/h3-4,7,9,18H,5-6,8,10H2,1-2H3. The van der Waals surface area contributed by atoms with Gasteiger partial charge in [-0.05, 0) is 32.0 Å². The number of aromatic nitrogens is 3. The number of benzene rings is 1. The van der Waals surface area contributed by atoms with Crippen molar-refractivity contribution in [3.05, 3.63) is 40.9 Å². The zero-order chi connectivity index (χ0) is 15.7. The molecule has 1 aliphatic rings. The summed E-state index contributed by atoms with van der Waals surface area (Å²) in [5.41, 5.74) is 1.61. The molecule has 1 aromatic heterocycles. The van der Waals surface area contributed by atoms with Crippen LogP contribution >= 0.6 is 11.6 Å². The smallest absolute Gasteiger partial charge is 0.124 e. The molecular weight excluding hydrogens is 305 g/mol. The topological polar surface area (TPSA) is 46.0 Å². The Hall–Kier alpha value is -1.50. The van der Waals surface area contributed by atoms with E-state index in [1.54, 1.807) is 10.7 Å².